The van der Waals surface area contributed by atoms with Crippen molar-refractivity contribution >= 4 is 11.0 Å². The van der Waals surface area contributed by atoms with E-state index in [0.29, 0.717) is 18.0 Å². The van der Waals surface area contributed by atoms with Gasteiger partial charge in [-0.3, -0.25) is 4.90 Å². The molecule has 0 N–H and O–H groups in total. The second-order valence-corrected chi connectivity index (χ2v) is 8.15. The van der Waals surface area contributed by atoms with Gasteiger partial charge in [0.05, 0.1) is 46.7 Å². The Labute approximate surface area is 179 Å². The van der Waals surface area contributed by atoms with Gasteiger partial charge in [0.1, 0.15) is 11.3 Å². The molecule has 0 bridgehead atoms. The lowest BCUT2D eigenvalue weighted by Gasteiger charge is -2.40. The Bertz CT molecular complexity index is 1410. The number of rotatable bonds is 1. The van der Waals surface area contributed by atoms with Crippen molar-refractivity contribution in [1.82, 2.24) is 14.9 Å². The van der Waals surface area contributed by atoms with Gasteiger partial charge in [0.15, 0.2) is 5.41 Å². The molecular formula is C25H17N5O. The molecule has 0 saturated carbocycles. The van der Waals surface area contributed by atoms with E-state index in [-0.39, 0.29) is 0 Å². The van der Waals surface area contributed by atoms with Gasteiger partial charge >= 0.3 is 0 Å². The monoisotopic (exact) mass is 403 g/mol. The van der Waals surface area contributed by atoms with E-state index in [1.54, 1.807) is 12.3 Å². The zero-order valence-electron chi connectivity index (χ0n) is 16.8. The molecule has 31 heavy (non-hydrogen) atoms. The predicted octanol–water partition coefficient (Wildman–Crippen LogP) is 4.21. The summed E-state index contributed by atoms with van der Waals surface area (Å²) in [5, 5.41) is 21.2. The van der Waals surface area contributed by atoms with Gasteiger partial charge in [0, 0.05) is 12.1 Å². The first-order chi connectivity index (χ1) is 15.2. The molecular weight excluding hydrogens is 386 g/mol. The molecule has 6 nitrogen and oxygen atoms in total. The first kappa shape index (κ1) is 17.8. The van der Waals surface area contributed by atoms with Crippen LogP contribution in [0.15, 0.2) is 71.3 Å². The van der Waals surface area contributed by atoms with E-state index in [0.717, 1.165) is 27.9 Å². The van der Waals surface area contributed by atoms with Gasteiger partial charge < -0.3 is 4.42 Å². The number of likely N-dealkylation sites (N-methyl/N-ethyl adjacent to an activating group) is 1. The maximum Gasteiger partial charge on any atom is 0.182 e. The van der Waals surface area contributed by atoms with E-state index in [2.05, 4.69) is 17.0 Å². The number of benzene rings is 2. The molecule has 1 aliphatic heterocycles. The van der Waals surface area contributed by atoms with Crippen LogP contribution in [0.1, 0.15) is 22.9 Å². The summed E-state index contributed by atoms with van der Waals surface area (Å²) in [5.41, 5.74) is 2.22. The number of hydrogen-bond donors (Lipinski definition) is 0. The fourth-order valence-electron chi connectivity index (χ4n) is 5.59. The highest BCUT2D eigenvalue weighted by Crippen LogP contribution is 2.65. The van der Waals surface area contributed by atoms with Gasteiger partial charge in [0.2, 0.25) is 0 Å². The average molecular weight is 403 g/mol. The van der Waals surface area contributed by atoms with Gasteiger partial charge in [-0.1, -0.05) is 36.4 Å². The van der Waals surface area contributed by atoms with Crippen molar-refractivity contribution in [2.24, 2.45) is 5.41 Å². The van der Waals surface area contributed by atoms with Crippen LogP contribution in [0.3, 0.4) is 0 Å². The number of likely N-dealkylation sites (tertiary alicyclic amines) is 1. The maximum absolute atomic E-state index is 10.6. The lowest BCUT2D eigenvalue weighted by Crippen LogP contribution is -2.49. The number of hydrogen-bond acceptors (Lipinski definition) is 6. The predicted molar refractivity (Wildman–Crippen MR) is 113 cm³/mol. The standard InChI is InChI=1S/C25H17N5O/c1-30-13-18(21-11-6-12-31-21)24(14-26,15-27)25(30)17-8-3-2-7-16(17)22-23(25)29-20-10-5-4-9-19(20)28-22/h2-12,18H,13H2,1H3/t18-,25-/m1/s1. The highest BCUT2D eigenvalue weighted by Gasteiger charge is 2.71. The molecule has 1 spiro atoms. The molecule has 1 aliphatic carbocycles. The van der Waals surface area contributed by atoms with Crippen LogP contribution in [0.4, 0.5) is 0 Å². The highest BCUT2D eigenvalue weighted by molar-refractivity contribution is 5.85. The topological polar surface area (TPSA) is 89.7 Å². The van der Waals surface area contributed by atoms with Crippen molar-refractivity contribution in [3.05, 3.63) is 83.9 Å². The van der Waals surface area contributed by atoms with Crippen LogP contribution in [0.5, 0.6) is 0 Å². The van der Waals surface area contributed by atoms with Crippen molar-refractivity contribution in [2.75, 3.05) is 13.6 Å². The number of para-hydroxylation sites is 2. The van der Waals surface area contributed by atoms with Gasteiger partial charge in [0.25, 0.3) is 0 Å². The van der Waals surface area contributed by atoms with Gasteiger partial charge in [-0.2, -0.15) is 10.5 Å². The Morgan fingerprint density at radius 2 is 1.68 bits per heavy atom. The van der Waals surface area contributed by atoms with Gasteiger partial charge in [-0.15, -0.1) is 0 Å². The van der Waals surface area contributed by atoms with Crippen molar-refractivity contribution < 1.29 is 4.42 Å². The molecule has 0 radical (unpaired) electrons. The molecule has 2 aromatic carbocycles. The zero-order valence-corrected chi connectivity index (χ0v) is 16.8. The second kappa shape index (κ2) is 6.01. The van der Waals surface area contributed by atoms with Crippen LogP contribution in [-0.4, -0.2) is 28.5 Å². The number of furan rings is 1. The summed E-state index contributed by atoms with van der Waals surface area (Å²) in [7, 11) is 1.95. The Hall–Kier alpha value is -4.00. The minimum Gasteiger partial charge on any atom is -0.469 e. The summed E-state index contributed by atoms with van der Waals surface area (Å²) < 4.78 is 5.71. The van der Waals surface area contributed by atoms with Crippen LogP contribution in [0.2, 0.25) is 0 Å². The van der Waals surface area contributed by atoms with Crippen molar-refractivity contribution in [3.8, 4) is 23.4 Å². The third kappa shape index (κ3) is 1.93. The summed E-state index contributed by atoms with van der Waals surface area (Å²) >= 11 is 0. The molecule has 1 saturated heterocycles. The average Bonchev–Trinajstić information content (AvgIpc) is 3.50. The largest absolute Gasteiger partial charge is 0.469 e. The van der Waals surface area contributed by atoms with Crippen LogP contribution in [0, 0.1) is 28.1 Å². The fraction of sp³-hybridized carbons (Fsp3) is 0.200. The third-order valence-corrected chi connectivity index (χ3v) is 6.85. The highest BCUT2D eigenvalue weighted by atomic mass is 16.3. The fourth-order valence-corrected chi connectivity index (χ4v) is 5.59. The summed E-state index contributed by atoms with van der Waals surface area (Å²) in [5.74, 6) is 0.196. The van der Waals surface area contributed by atoms with Crippen LogP contribution < -0.4 is 0 Å². The summed E-state index contributed by atoms with van der Waals surface area (Å²) in [6, 6.07) is 24.1. The molecule has 148 valence electrons. The number of aromatic nitrogens is 2. The molecule has 6 heteroatoms. The van der Waals surface area contributed by atoms with Crippen LogP contribution in [0.25, 0.3) is 22.3 Å². The van der Waals surface area contributed by atoms with Crippen LogP contribution >= 0.6 is 0 Å². The number of nitrogens with zero attached hydrogens (tertiary/aromatic N) is 5. The third-order valence-electron chi connectivity index (χ3n) is 6.85. The summed E-state index contributed by atoms with van der Waals surface area (Å²) in [4.78, 5) is 12.1. The molecule has 2 aromatic heterocycles. The molecule has 2 aliphatic rings. The molecule has 0 unspecified atom stereocenters. The summed E-state index contributed by atoms with van der Waals surface area (Å²) in [6.45, 7) is 0.483. The molecule has 2 atom stereocenters. The Kier molecular flexibility index (Phi) is 3.46. The molecule has 3 heterocycles. The smallest absolute Gasteiger partial charge is 0.182 e. The number of nitriles is 2. The number of fused-ring (bicyclic) bond motifs is 6. The van der Waals surface area contributed by atoms with Gasteiger partial charge in [-0.05, 0) is 36.9 Å². The summed E-state index contributed by atoms with van der Waals surface area (Å²) in [6.07, 6.45) is 1.59. The van der Waals surface area contributed by atoms with Crippen molar-refractivity contribution in [1.29, 1.82) is 10.5 Å². The quantitative estimate of drug-likeness (QED) is 0.473. The lowest BCUT2D eigenvalue weighted by molar-refractivity contribution is 0.164. The van der Waals surface area contributed by atoms with E-state index >= 15 is 0 Å². The minimum absolute atomic E-state index is 0.435. The Morgan fingerprint density at radius 3 is 2.39 bits per heavy atom. The van der Waals surface area contributed by atoms with Gasteiger partial charge in [-0.25, -0.2) is 9.97 Å². The van der Waals surface area contributed by atoms with E-state index in [1.807, 2.05) is 61.6 Å². The Balaban J connectivity index is 1.77. The van der Waals surface area contributed by atoms with Crippen LogP contribution in [-0.2, 0) is 5.54 Å². The lowest BCUT2D eigenvalue weighted by atomic mass is 9.63. The molecule has 4 aromatic rings. The van der Waals surface area contributed by atoms with E-state index in [1.165, 1.54) is 0 Å². The van der Waals surface area contributed by atoms with E-state index < -0.39 is 16.9 Å². The normalized spacial score (nSPS) is 23.4. The molecule has 6 rings (SSSR count). The van der Waals surface area contributed by atoms with Crippen molar-refractivity contribution in [2.45, 2.75) is 11.5 Å². The molecule has 0 amide bonds. The minimum atomic E-state index is -1.45. The second-order valence-electron chi connectivity index (χ2n) is 8.15. The first-order valence-electron chi connectivity index (χ1n) is 10.1. The molecule has 1 fully saturated rings. The zero-order chi connectivity index (χ0) is 21.2. The van der Waals surface area contributed by atoms with E-state index in [9.17, 15) is 10.5 Å². The maximum atomic E-state index is 10.6. The van der Waals surface area contributed by atoms with Crippen molar-refractivity contribution in [3.63, 3.8) is 0 Å². The van der Waals surface area contributed by atoms with E-state index in [4.69, 9.17) is 14.4 Å². The Morgan fingerprint density at radius 1 is 0.968 bits per heavy atom. The SMILES string of the molecule is CN1C[C@H](c2ccco2)C(C#N)(C#N)[C@]12c1ccccc1-c1nc3ccccc3nc12. The first-order valence-corrected chi connectivity index (χ1v) is 10.1.